The molecule has 0 fully saturated rings. The molecule has 20 heavy (non-hydrogen) atoms. The molecule has 106 valence electrons. The number of ether oxygens (including phenoxy) is 1. The molecule has 0 aliphatic carbocycles. The number of terminal acetylenes is 1. The van der Waals surface area contributed by atoms with Gasteiger partial charge in [0.05, 0.1) is 26.1 Å². The van der Waals surface area contributed by atoms with Crippen molar-refractivity contribution in [2.45, 2.75) is 6.42 Å². The number of benzene rings is 1. The van der Waals surface area contributed by atoms with Crippen LogP contribution in [-0.2, 0) is 9.59 Å². The molecule has 2 amide bonds. The average Bonchev–Trinajstić information content (AvgIpc) is 2.41. The van der Waals surface area contributed by atoms with Gasteiger partial charge in [-0.2, -0.15) is 0 Å². The summed E-state index contributed by atoms with van der Waals surface area (Å²) in [4.78, 5) is 22.0. The maximum absolute atomic E-state index is 11.5. The van der Waals surface area contributed by atoms with Crippen molar-refractivity contribution in [2.75, 3.05) is 25.0 Å². The normalized spacial score (nSPS) is 9.55. The van der Waals surface area contributed by atoms with Crippen LogP contribution < -0.4 is 21.1 Å². The van der Waals surface area contributed by atoms with Crippen molar-refractivity contribution in [3.63, 3.8) is 0 Å². The molecule has 1 aromatic rings. The minimum atomic E-state index is -0.409. The highest BCUT2D eigenvalue weighted by Gasteiger charge is 2.02. The van der Waals surface area contributed by atoms with Crippen LogP contribution in [0.1, 0.15) is 6.42 Å². The Balaban J connectivity index is 2.36. The molecule has 4 N–H and O–H groups in total. The molecule has 0 spiro atoms. The van der Waals surface area contributed by atoms with E-state index < -0.39 is 5.91 Å². The number of primary amides is 1. The lowest BCUT2D eigenvalue weighted by atomic mass is 10.3. The van der Waals surface area contributed by atoms with Crippen LogP contribution in [0.5, 0.6) is 5.75 Å². The van der Waals surface area contributed by atoms with Gasteiger partial charge in [0.1, 0.15) is 5.75 Å². The Hall–Kier alpha value is -2.52. The van der Waals surface area contributed by atoms with Gasteiger partial charge in [0.15, 0.2) is 0 Å². The summed E-state index contributed by atoms with van der Waals surface area (Å²) in [7, 11) is 0. The Bertz CT molecular complexity index is 491. The fourth-order valence-corrected chi connectivity index (χ4v) is 1.36. The third-order valence-electron chi connectivity index (χ3n) is 2.27. The number of hydrogen-bond donors (Lipinski definition) is 3. The largest absolute Gasteiger partial charge is 0.493 e. The second kappa shape index (κ2) is 8.56. The summed E-state index contributed by atoms with van der Waals surface area (Å²) in [6.45, 7) is 0.734. The van der Waals surface area contributed by atoms with Crippen LogP contribution in [0.25, 0.3) is 0 Å². The van der Waals surface area contributed by atoms with Gasteiger partial charge in [0, 0.05) is 5.69 Å². The number of nitrogens with two attached hydrogens (primary N) is 1. The number of carbonyl (C=O) groups excluding carboxylic acids is 2. The summed E-state index contributed by atoms with van der Waals surface area (Å²) in [6, 6.07) is 6.81. The van der Waals surface area contributed by atoms with Crippen LogP contribution in [0.4, 0.5) is 5.69 Å². The van der Waals surface area contributed by atoms with Crippen molar-refractivity contribution >= 4 is 17.5 Å². The lowest BCUT2D eigenvalue weighted by Gasteiger charge is -2.08. The van der Waals surface area contributed by atoms with Crippen LogP contribution in [0.15, 0.2) is 24.3 Å². The first-order valence-corrected chi connectivity index (χ1v) is 6.07. The lowest BCUT2D eigenvalue weighted by molar-refractivity contribution is -0.118. The summed E-state index contributed by atoms with van der Waals surface area (Å²) < 4.78 is 5.31. The minimum absolute atomic E-state index is 0.154. The standard InChI is InChI=1S/C14H17N3O3/c1-2-8-16-10-14(19)17-11-3-5-12(6-4-11)20-9-7-13(15)18/h1,3-6,16H,7-10H2,(H2,15,18)(H,17,19). The highest BCUT2D eigenvalue weighted by atomic mass is 16.5. The number of nitrogens with one attached hydrogen (secondary N) is 2. The number of amides is 2. The molecule has 1 aromatic carbocycles. The van der Waals surface area contributed by atoms with Crippen LogP contribution in [0.3, 0.4) is 0 Å². The van der Waals surface area contributed by atoms with Crippen molar-refractivity contribution in [1.29, 1.82) is 0 Å². The Labute approximate surface area is 117 Å². The first kappa shape index (κ1) is 15.5. The van der Waals surface area contributed by atoms with E-state index in [0.717, 1.165) is 0 Å². The summed E-state index contributed by atoms with van der Waals surface area (Å²) in [5, 5.41) is 5.49. The predicted octanol–water partition coefficient (Wildman–Crippen LogP) is 0.102. The molecular formula is C14H17N3O3. The third-order valence-corrected chi connectivity index (χ3v) is 2.27. The molecule has 1 rings (SSSR count). The zero-order valence-electron chi connectivity index (χ0n) is 11.0. The monoisotopic (exact) mass is 275 g/mol. The highest BCUT2D eigenvalue weighted by molar-refractivity contribution is 5.92. The molecule has 0 aliphatic rings. The smallest absolute Gasteiger partial charge is 0.238 e. The topological polar surface area (TPSA) is 93.4 Å². The molecule has 0 saturated heterocycles. The van der Waals surface area contributed by atoms with E-state index >= 15 is 0 Å². The number of hydrogen-bond acceptors (Lipinski definition) is 4. The number of carbonyl (C=O) groups is 2. The molecule has 0 bridgehead atoms. The summed E-state index contributed by atoms with van der Waals surface area (Å²) >= 11 is 0. The van der Waals surface area contributed by atoms with Crippen LogP contribution in [0, 0.1) is 12.3 Å². The zero-order valence-corrected chi connectivity index (χ0v) is 11.0. The second-order valence-electron chi connectivity index (χ2n) is 3.95. The van der Waals surface area contributed by atoms with Crippen LogP contribution in [-0.4, -0.2) is 31.5 Å². The third kappa shape index (κ3) is 6.42. The van der Waals surface area contributed by atoms with Crippen molar-refractivity contribution in [1.82, 2.24) is 5.32 Å². The molecule has 0 unspecified atom stereocenters. The van der Waals surface area contributed by atoms with E-state index in [9.17, 15) is 9.59 Å². The molecule has 6 nitrogen and oxygen atoms in total. The Morgan fingerprint density at radius 2 is 2.00 bits per heavy atom. The first-order valence-electron chi connectivity index (χ1n) is 6.07. The fourth-order valence-electron chi connectivity index (χ4n) is 1.36. The van der Waals surface area contributed by atoms with Crippen molar-refractivity contribution in [2.24, 2.45) is 5.73 Å². The Kier molecular flexibility index (Phi) is 6.65. The fraction of sp³-hybridized carbons (Fsp3) is 0.286. The molecule has 0 aromatic heterocycles. The number of anilines is 1. The quantitative estimate of drug-likeness (QED) is 0.463. The van der Waals surface area contributed by atoms with E-state index in [0.29, 0.717) is 18.0 Å². The van der Waals surface area contributed by atoms with E-state index in [1.54, 1.807) is 24.3 Å². The maximum atomic E-state index is 11.5. The molecule has 0 atom stereocenters. The molecule has 0 radical (unpaired) electrons. The van der Waals surface area contributed by atoms with E-state index in [1.807, 2.05) is 0 Å². The van der Waals surface area contributed by atoms with Gasteiger partial charge in [-0.15, -0.1) is 6.42 Å². The lowest BCUT2D eigenvalue weighted by Crippen LogP contribution is -2.28. The van der Waals surface area contributed by atoms with E-state index in [2.05, 4.69) is 16.6 Å². The molecular weight excluding hydrogens is 258 g/mol. The van der Waals surface area contributed by atoms with E-state index in [-0.39, 0.29) is 25.5 Å². The van der Waals surface area contributed by atoms with Gasteiger partial charge in [-0.3, -0.25) is 14.9 Å². The second-order valence-corrected chi connectivity index (χ2v) is 3.95. The van der Waals surface area contributed by atoms with Gasteiger partial charge in [-0.25, -0.2) is 0 Å². The molecule has 6 heteroatoms. The average molecular weight is 275 g/mol. The van der Waals surface area contributed by atoms with Gasteiger partial charge in [0.2, 0.25) is 11.8 Å². The van der Waals surface area contributed by atoms with Gasteiger partial charge in [-0.1, -0.05) is 5.92 Å². The Morgan fingerprint density at radius 3 is 2.60 bits per heavy atom. The van der Waals surface area contributed by atoms with Gasteiger partial charge < -0.3 is 15.8 Å². The molecule has 0 aliphatic heterocycles. The predicted molar refractivity (Wildman–Crippen MR) is 76.1 cm³/mol. The maximum Gasteiger partial charge on any atom is 0.238 e. The highest BCUT2D eigenvalue weighted by Crippen LogP contribution is 2.15. The molecule has 0 saturated carbocycles. The van der Waals surface area contributed by atoms with Crippen LogP contribution >= 0.6 is 0 Å². The van der Waals surface area contributed by atoms with Gasteiger partial charge in [-0.05, 0) is 24.3 Å². The van der Waals surface area contributed by atoms with Gasteiger partial charge >= 0.3 is 0 Å². The van der Waals surface area contributed by atoms with E-state index in [1.165, 1.54) is 0 Å². The summed E-state index contributed by atoms with van der Waals surface area (Å²) in [5.74, 6) is 2.40. The summed E-state index contributed by atoms with van der Waals surface area (Å²) in [5.41, 5.74) is 5.65. The first-order chi connectivity index (χ1) is 9.61. The van der Waals surface area contributed by atoms with Crippen molar-refractivity contribution in [3.05, 3.63) is 24.3 Å². The van der Waals surface area contributed by atoms with Crippen molar-refractivity contribution < 1.29 is 14.3 Å². The minimum Gasteiger partial charge on any atom is -0.493 e. The SMILES string of the molecule is C#CCNCC(=O)Nc1ccc(OCCC(N)=O)cc1. The van der Waals surface area contributed by atoms with E-state index in [4.69, 9.17) is 16.9 Å². The summed E-state index contributed by atoms with van der Waals surface area (Å²) in [6.07, 6.45) is 5.22. The van der Waals surface area contributed by atoms with Crippen molar-refractivity contribution in [3.8, 4) is 18.1 Å². The number of rotatable bonds is 8. The Morgan fingerprint density at radius 1 is 1.30 bits per heavy atom. The van der Waals surface area contributed by atoms with Crippen LogP contribution in [0.2, 0.25) is 0 Å². The zero-order chi connectivity index (χ0) is 14.8. The van der Waals surface area contributed by atoms with Gasteiger partial charge in [0.25, 0.3) is 0 Å². The molecule has 0 heterocycles.